The van der Waals surface area contributed by atoms with Crippen LogP contribution in [0.4, 0.5) is 4.79 Å². The van der Waals surface area contributed by atoms with Gasteiger partial charge in [-0.3, -0.25) is 4.84 Å². The summed E-state index contributed by atoms with van der Waals surface area (Å²) >= 11 is 0. The van der Waals surface area contributed by atoms with Crippen molar-refractivity contribution in [3.8, 4) is 0 Å². The summed E-state index contributed by atoms with van der Waals surface area (Å²) in [5.74, 6) is 1.47. The molecule has 2 aliphatic rings. The van der Waals surface area contributed by atoms with E-state index in [9.17, 15) is 4.79 Å². The van der Waals surface area contributed by atoms with Crippen molar-refractivity contribution in [2.24, 2.45) is 17.8 Å². The quantitative estimate of drug-likeness (QED) is 0.591. The fourth-order valence-electron chi connectivity index (χ4n) is 3.45. The Morgan fingerprint density at radius 2 is 2.09 bits per heavy atom. The molecule has 0 saturated carbocycles. The van der Waals surface area contributed by atoms with Crippen LogP contribution in [0.1, 0.15) is 34.1 Å². The molecule has 5 heteroatoms. The van der Waals surface area contributed by atoms with Crippen molar-refractivity contribution >= 4 is 6.09 Å². The number of rotatable bonds is 4. The van der Waals surface area contributed by atoms with Crippen LogP contribution in [0.5, 0.6) is 0 Å². The van der Waals surface area contributed by atoms with E-state index in [1.54, 1.807) is 0 Å². The van der Waals surface area contributed by atoms with Gasteiger partial charge in [-0.25, -0.2) is 4.79 Å². The molecule has 5 nitrogen and oxygen atoms in total. The highest BCUT2D eigenvalue weighted by Crippen LogP contribution is 2.37. The Morgan fingerprint density at radius 1 is 1.36 bits per heavy atom. The summed E-state index contributed by atoms with van der Waals surface area (Å²) < 4.78 is 5.51. The summed E-state index contributed by atoms with van der Waals surface area (Å²) in [6.45, 7) is 10.9. The highest BCUT2D eigenvalue weighted by molar-refractivity contribution is 5.68. The van der Waals surface area contributed by atoms with Gasteiger partial charge in [0.15, 0.2) is 0 Å². The van der Waals surface area contributed by atoms with Gasteiger partial charge < -0.3 is 9.64 Å². The molecule has 0 aromatic rings. The zero-order chi connectivity index (χ0) is 16.3. The molecule has 0 aromatic carbocycles. The fraction of sp³-hybridized carbons (Fsp3) is 0.824. The minimum Gasteiger partial charge on any atom is -0.444 e. The lowest BCUT2D eigenvalue weighted by molar-refractivity contribution is -0.146. The van der Waals surface area contributed by atoms with Gasteiger partial charge in [-0.2, -0.15) is 5.06 Å². The first-order valence-electron chi connectivity index (χ1n) is 8.28. The number of fused-ring (bicyclic) bond motifs is 1. The van der Waals surface area contributed by atoms with Crippen LogP contribution in [0.25, 0.3) is 0 Å². The monoisotopic (exact) mass is 310 g/mol. The molecule has 0 radical (unpaired) electrons. The van der Waals surface area contributed by atoms with Crippen molar-refractivity contribution in [2.75, 3.05) is 33.3 Å². The molecule has 1 aliphatic heterocycles. The number of carbonyl (C=O) groups excluding carboxylic acids is 1. The third-order valence-electron chi connectivity index (χ3n) is 4.33. The number of ether oxygens (including phenoxy) is 1. The van der Waals surface area contributed by atoms with E-state index in [4.69, 9.17) is 9.57 Å². The molecular formula is C17H30N2O3. The molecule has 1 fully saturated rings. The summed E-state index contributed by atoms with van der Waals surface area (Å²) in [6.07, 6.45) is 5.39. The molecule has 3 atom stereocenters. The Bertz CT molecular complexity index is 417. The molecule has 0 N–H and O–H groups in total. The van der Waals surface area contributed by atoms with E-state index in [1.807, 2.05) is 44.7 Å². The SMILES string of the molecule is CCON(C)CC1CC=CC2CN(C(=O)OC(C)(C)C)CC21. The van der Waals surface area contributed by atoms with Crippen LogP contribution in [0.3, 0.4) is 0 Å². The minimum absolute atomic E-state index is 0.188. The van der Waals surface area contributed by atoms with E-state index in [1.165, 1.54) is 0 Å². The molecule has 1 aliphatic carbocycles. The van der Waals surface area contributed by atoms with Gasteiger partial charge in [0.05, 0.1) is 6.61 Å². The number of carbonyl (C=O) groups is 1. The Labute approximate surface area is 134 Å². The largest absolute Gasteiger partial charge is 0.444 e. The molecule has 0 aromatic heterocycles. The Kier molecular flexibility index (Phi) is 5.50. The standard InChI is InChI=1S/C17H30N2O3/c1-6-21-18(5)10-13-8-7-9-14-11-19(12-15(13)14)16(20)22-17(2,3)4/h7,9,13-15H,6,8,10-12H2,1-5H3. The fourth-order valence-corrected chi connectivity index (χ4v) is 3.45. The summed E-state index contributed by atoms with van der Waals surface area (Å²) in [6, 6.07) is 0. The van der Waals surface area contributed by atoms with Crippen molar-refractivity contribution in [1.82, 2.24) is 9.96 Å². The van der Waals surface area contributed by atoms with Gasteiger partial charge in [0, 0.05) is 26.7 Å². The van der Waals surface area contributed by atoms with Crippen LogP contribution >= 0.6 is 0 Å². The van der Waals surface area contributed by atoms with Crippen molar-refractivity contribution in [1.29, 1.82) is 0 Å². The van der Waals surface area contributed by atoms with Crippen molar-refractivity contribution in [3.63, 3.8) is 0 Å². The molecule has 0 bridgehead atoms. The molecule has 3 unspecified atom stereocenters. The van der Waals surface area contributed by atoms with Crippen molar-refractivity contribution < 1.29 is 14.4 Å². The first-order valence-corrected chi connectivity index (χ1v) is 8.28. The van der Waals surface area contributed by atoms with E-state index in [0.29, 0.717) is 24.4 Å². The summed E-state index contributed by atoms with van der Waals surface area (Å²) in [4.78, 5) is 19.7. The molecule has 0 spiro atoms. The van der Waals surface area contributed by atoms with E-state index in [-0.39, 0.29) is 6.09 Å². The number of amides is 1. The summed E-state index contributed by atoms with van der Waals surface area (Å²) in [7, 11) is 1.98. The molecule has 22 heavy (non-hydrogen) atoms. The van der Waals surface area contributed by atoms with Crippen LogP contribution in [-0.2, 0) is 9.57 Å². The lowest BCUT2D eigenvalue weighted by Gasteiger charge is -2.31. The van der Waals surface area contributed by atoms with E-state index >= 15 is 0 Å². The second-order valence-electron chi connectivity index (χ2n) is 7.37. The number of likely N-dealkylation sites (tertiary alicyclic amines) is 1. The summed E-state index contributed by atoms with van der Waals surface area (Å²) in [5.41, 5.74) is -0.435. The van der Waals surface area contributed by atoms with Crippen molar-refractivity contribution in [2.45, 2.75) is 39.7 Å². The smallest absolute Gasteiger partial charge is 0.410 e. The van der Waals surface area contributed by atoms with Crippen LogP contribution < -0.4 is 0 Å². The van der Waals surface area contributed by atoms with Crippen molar-refractivity contribution in [3.05, 3.63) is 12.2 Å². The minimum atomic E-state index is -0.435. The first-order chi connectivity index (χ1) is 10.3. The van der Waals surface area contributed by atoms with Gasteiger partial charge in [0.2, 0.25) is 0 Å². The number of hydroxylamine groups is 2. The lowest BCUT2D eigenvalue weighted by atomic mass is 9.78. The molecule has 1 heterocycles. The molecule has 126 valence electrons. The normalized spacial score (nSPS) is 28.1. The molecule has 1 saturated heterocycles. The Hall–Kier alpha value is -1.07. The second kappa shape index (κ2) is 7.01. The van der Waals surface area contributed by atoms with Crippen LogP contribution in [0.15, 0.2) is 12.2 Å². The summed E-state index contributed by atoms with van der Waals surface area (Å²) in [5, 5.41) is 1.93. The molecule has 2 rings (SSSR count). The highest BCUT2D eigenvalue weighted by atomic mass is 16.7. The average Bonchev–Trinajstić information content (AvgIpc) is 2.82. The van der Waals surface area contributed by atoms with E-state index < -0.39 is 5.60 Å². The topological polar surface area (TPSA) is 42.0 Å². The zero-order valence-corrected chi connectivity index (χ0v) is 14.5. The van der Waals surface area contributed by atoms with Crippen LogP contribution in [0.2, 0.25) is 0 Å². The number of allylic oxidation sites excluding steroid dienone is 1. The maximum Gasteiger partial charge on any atom is 0.410 e. The van der Waals surface area contributed by atoms with Gasteiger partial charge in [0.25, 0.3) is 0 Å². The predicted octanol–water partition coefficient (Wildman–Crippen LogP) is 2.93. The number of nitrogens with zero attached hydrogens (tertiary/aromatic N) is 2. The maximum absolute atomic E-state index is 12.3. The number of hydrogen-bond donors (Lipinski definition) is 0. The maximum atomic E-state index is 12.3. The second-order valence-corrected chi connectivity index (χ2v) is 7.37. The van der Waals surface area contributed by atoms with E-state index in [0.717, 1.165) is 26.1 Å². The van der Waals surface area contributed by atoms with Gasteiger partial charge in [-0.05, 0) is 51.9 Å². The van der Waals surface area contributed by atoms with Gasteiger partial charge >= 0.3 is 6.09 Å². The lowest BCUT2D eigenvalue weighted by Crippen LogP contribution is -2.37. The molecule has 1 amide bonds. The third-order valence-corrected chi connectivity index (χ3v) is 4.33. The van der Waals surface area contributed by atoms with Crippen LogP contribution in [0, 0.1) is 17.8 Å². The highest BCUT2D eigenvalue weighted by Gasteiger charge is 2.41. The van der Waals surface area contributed by atoms with Crippen LogP contribution in [-0.4, -0.2) is 54.9 Å². The van der Waals surface area contributed by atoms with Gasteiger partial charge in [0.1, 0.15) is 5.60 Å². The van der Waals surface area contributed by atoms with E-state index in [2.05, 4.69) is 12.2 Å². The Morgan fingerprint density at radius 3 is 2.73 bits per heavy atom. The Balaban J connectivity index is 1.95. The average molecular weight is 310 g/mol. The first kappa shape index (κ1) is 17.3. The third kappa shape index (κ3) is 4.46. The predicted molar refractivity (Wildman–Crippen MR) is 86.3 cm³/mol. The van der Waals surface area contributed by atoms with Gasteiger partial charge in [-0.1, -0.05) is 12.2 Å². The molecular weight excluding hydrogens is 280 g/mol. The zero-order valence-electron chi connectivity index (χ0n) is 14.5. The number of hydrogen-bond acceptors (Lipinski definition) is 4. The van der Waals surface area contributed by atoms with Gasteiger partial charge in [-0.15, -0.1) is 0 Å².